The summed E-state index contributed by atoms with van der Waals surface area (Å²) in [6, 6.07) is 11.7. The van der Waals surface area contributed by atoms with E-state index in [9.17, 15) is 19.7 Å². The van der Waals surface area contributed by atoms with Crippen molar-refractivity contribution in [3.8, 4) is 0 Å². The van der Waals surface area contributed by atoms with Crippen molar-refractivity contribution in [1.82, 2.24) is 5.32 Å². The van der Waals surface area contributed by atoms with Crippen LogP contribution in [-0.4, -0.2) is 37.0 Å². The Labute approximate surface area is 156 Å². The molecule has 0 aliphatic carbocycles. The first-order valence-corrected chi connectivity index (χ1v) is 8.37. The zero-order valence-corrected chi connectivity index (χ0v) is 15.2. The normalized spacial score (nSPS) is 10.1. The number of esters is 1. The SMILES string of the molecule is CNc1ccc([N+](=O)[O-])cc1C(=O)OCC(=O)NCCc1ccccc1C. The summed E-state index contributed by atoms with van der Waals surface area (Å²) in [6.45, 7) is 1.95. The first-order chi connectivity index (χ1) is 12.9. The van der Waals surface area contributed by atoms with E-state index in [0.717, 1.165) is 17.2 Å². The van der Waals surface area contributed by atoms with Crippen molar-refractivity contribution in [2.24, 2.45) is 0 Å². The van der Waals surface area contributed by atoms with E-state index in [1.54, 1.807) is 7.05 Å². The monoisotopic (exact) mass is 371 g/mol. The Morgan fingerprint density at radius 1 is 1.19 bits per heavy atom. The van der Waals surface area contributed by atoms with E-state index in [2.05, 4.69) is 10.6 Å². The summed E-state index contributed by atoms with van der Waals surface area (Å²) >= 11 is 0. The maximum atomic E-state index is 12.2. The second-order valence-electron chi connectivity index (χ2n) is 5.84. The predicted octanol–water partition coefficient (Wildman–Crippen LogP) is 2.46. The van der Waals surface area contributed by atoms with Gasteiger partial charge in [0.25, 0.3) is 11.6 Å². The number of amides is 1. The van der Waals surface area contributed by atoms with Gasteiger partial charge in [0, 0.05) is 31.4 Å². The number of nitro benzene ring substituents is 1. The number of nitrogens with zero attached hydrogens (tertiary/aromatic N) is 1. The van der Waals surface area contributed by atoms with Crippen LogP contribution >= 0.6 is 0 Å². The number of carbonyl (C=O) groups is 2. The van der Waals surface area contributed by atoms with Gasteiger partial charge in [0.2, 0.25) is 0 Å². The number of carbonyl (C=O) groups excluding carboxylic acids is 2. The van der Waals surface area contributed by atoms with Crippen molar-refractivity contribution >= 4 is 23.3 Å². The molecule has 2 rings (SSSR count). The average molecular weight is 371 g/mol. The predicted molar refractivity (Wildman–Crippen MR) is 101 cm³/mol. The third-order valence-corrected chi connectivity index (χ3v) is 4.02. The molecule has 0 saturated heterocycles. The molecule has 2 N–H and O–H groups in total. The smallest absolute Gasteiger partial charge is 0.341 e. The van der Waals surface area contributed by atoms with Crippen molar-refractivity contribution in [3.63, 3.8) is 0 Å². The van der Waals surface area contributed by atoms with Gasteiger partial charge in [0.05, 0.1) is 10.5 Å². The fraction of sp³-hybridized carbons (Fsp3) is 0.263. The number of non-ortho nitro benzene ring substituents is 1. The third kappa shape index (κ3) is 5.53. The number of nitro groups is 1. The van der Waals surface area contributed by atoms with Gasteiger partial charge in [-0.05, 0) is 30.5 Å². The maximum absolute atomic E-state index is 12.2. The van der Waals surface area contributed by atoms with Crippen molar-refractivity contribution in [1.29, 1.82) is 0 Å². The highest BCUT2D eigenvalue weighted by Gasteiger charge is 2.18. The summed E-state index contributed by atoms with van der Waals surface area (Å²) in [5, 5.41) is 16.3. The molecule has 0 aromatic heterocycles. The third-order valence-electron chi connectivity index (χ3n) is 4.02. The van der Waals surface area contributed by atoms with Gasteiger partial charge in [-0.25, -0.2) is 4.79 Å². The second-order valence-corrected chi connectivity index (χ2v) is 5.84. The van der Waals surface area contributed by atoms with Crippen LogP contribution in [0.2, 0.25) is 0 Å². The number of hydrogen-bond donors (Lipinski definition) is 2. The Hall–Kier alpha value is -3.42. The fourth-order valence-electron chi connectivity index (χ4n) is 2.52. The minimum absolute atomic E-state index is 0.000546. The number of rotatable bonds is 8. The molecule has 2 aromatic rings. The fourth-order valence-corrected chi connectivity index (χ4v) is 2.52. The molecule has 27 heavy (non-hydrogen) atoms. The standard InChI is InChI=1S/C19H21N3O5/c1-13-5-3-4-6-14(13)9-10-21-18(23)12-27-19(24)16-11-15(22(25)26)7-8-17(16)20-2/h3-8,11,20H,9-10,12H2,1-2H3,(H,21,23). The minimum atomic E-state index is -0.808. The van der Waals surface area contributed by atoms with Crippen LogP contribution in [0.25, 0.3) is 0 Å². The molecule has 8 nitrogen and oxygen atoms in total. The largest absolute Gasteiger partial charge is 0.452 e. The lowest BCUT2D eigenvalue weighted by molar-refractivity contribution is -0.384. The summed E-state index contributed by atoms with van der Waals surface area (Å²) in [4.78, 5) is 34.3. The van der Waals surface area contributed by atoms with Gasteiger partial charge in [-0.1, -0.05) is 24.3 Å². The minimum Gasteiger partial charge on any atom is -0.452 e. The quantitative estimate of drug-likeness (QED) is 0.419. The molecule has 0 radical (unpaired) electrons. The summed E-state index contributed by atoms with van der Waals surface area (Å²) < 4.78 is 4.98. The first kappa shape index (κ1) is 19.9. The van der Waals surface area contributed by atoms with Crippen molar-refractivity contribution in [2.45, 2.75) is 13.3 Å². The lowest BCUT2D eigenvalue weighted by atomic mass is 10.1. The van der Waals surface area contributed by atoms with Crippen molar-refractivity contribution < 1.29 is 19.2 Å². The molecule has 2 aromatic carbocycles. The molecular formula is C19H21N3O5. The van der Waals surface area contributed by atoms with Gasteiger partial charge in [0.1, 0.15) is 0 Å². The van der Waals surface area contributed by atoms with Gasteiger partial charge in [-0.15, -0.1) is 0 Å². The lowest BCUT2D eigenvalue weighted by Gasteiger charge is -2.10. The molecule has 0 unspecified atom stereocenters. The number of benzene rings is 2. The highest BCUT2D eigenvalue weighted by atomic mass is 16.6. The lowest BCUT2D eigenvalue weighted by Crippen LogP contribution is -2.30. The van der Waals surface area contributed by atoms with Crippen LogP contribution < -0.4 is 10.6 Å². The molecule has 0 aliphatic heterocycles. The highest BCUT2D eigenvalue weighted by molar-refractivity contribution is 5.97. The topological polar surface area (TPSA) is 111 Å². The Kier molecular flexibility index (Phi) is 6.87. The van der Waals surface area contributed by atoms with Gasteiger partial charge in [-0.3, -0.25) is 14.9 Å². The molecule has 0 spiro atoms. The van der Waals surface area contributed by atoms with E-state index >= 15 is 0 Å². The number of aryl methyl sites for hydroxylation is 1. The molecule has 0 atom stereocenters. The van der Waals surface area contributed by atoms with E-state index in [1.807, 2.05) is 31.2 Å². The molecule has 0 heterocycles. The van der Waals surface area contributed by atoms with E-state index in [-0.39, 0.29) is 11.3 Å². The maximum Gasteiger partial charge on any atom is 0.341 e. The van der Waals surface area contributed by atoms with Crippen LogP contribution in [0, 0.1) is 17.0 Å². The van der Waals surface area contributed by atoms with Crippen LogP contribution in [-0.2, 0) is 16.0 Å². The number of nitrogens with one attached hydrogen (secondary N) is 2. The van der Waals surface area contributed by atoms with Crippen LogP contribution in [0.3, 0.4) is 0 Å². The zero-order chi connectivity index (χ0) is 19.8. The number of ether oxygens (including phenoxy) is 1. The van der Waals surface area contributed by atoms with E-state index in [4.69, 9.17) is 4.74 Å². The van der Waals surface area contributed by atoms with E-state index in [0.29, 0.717) is 18.7 Å². The summed E-state index contributed by atoms with van der Waals surface area (Å²) in [6.07, 6.45) is 0.668. The molecule has 0 aliphatic rings. The Balaban J connectivity index is 1.87. The molecular weight excluding hydrogens is 350 g/mol. The van der Waals surface area contributed by atoms with Crippen LogP contribution in [0.15, 0.2) is 42.5 Å². The van der Waals surface area contributed by atoms with E-state index in [1.165, 1.54) is 12.1 Å². The summed E-state index contributed by atoms with van der Waals surface area (Å²) in [7, 11) is 1.58. The Morgan fingerprint density at radius 3 is 2.59 bits per heavy atom. The van der Waals surface area contributed by atoms with Crippen LogP contribution in [0.5, 0.6) is 0 Å². The second kappa shape index (κ2) is 9.33. The zero-order valence-electron chi connectivity index (χ0n) is 15.2. The Morgan fingerprint density at radius 2 is 1.93 bits per heavy atom. The highest BCUT2D eigenvalue weighted by Crippen LogP contribution is 2.22. The van der Waals surface area contributed by atoms with Gasteiger partial charge < -0.3 is 15.4 Å². The molecule has 0 saturated carbocycles. The van der Waals surface area contributed by atoms with Gasteiger partial charge in [-0.2, -0.15) is 0 Å². The molecule has 0 fully saturated rings. The van der Waals surface area contributed by atoms with Crippen LogP contribution in [0.1, 0.15) is 21.5 Å². The van der Waals surface area contributed by atoms with Crippen molar-refractivity contribution in [2.75, 3.05) is 25.5 Å². The number of anilines is 1. The number of hydrogen-bond acceptors (Lipinski definition) is 6. The van der Waals surface area contributed by atoms with Gasteiger partial charge in [0.15, 0.2) is 6.61 Å². The van der Waals surface area contributed by atoms with E-state index < -0.39 is 23.4 Å². The molecule has 8 heteroatoms. The average Bonchev–Trinajstić information content (AvgIpc) is 2.67. The summed E-state index contributed by atoms with van der Waals surface area (Å²) in [5.41, 5.74) is 2.42. The first-order valence-electron chi connectivity index (χ1n) is 8.37. The molecule has 0 bridgehead atoms. The molecule has 1 amide bonds. The molecule has 142 valence electrons. The van der Waals surface area contributed by atoms with Gasteiger partial charge >= 0.3 is 5.97 Å². The Bertz CT molecular complexity index is 851. The summed E-state index contributed by atoms with van der Waals surface area (Å²) in [5.74, 6) is -1.24. The van der Waals surface area contributed by atoms with Crippen molar-refractivity contribution in [3.05, 3.63) is 69.3 Å². The van der Waals surface area contributed by atoms with Crippen LogP contribution in [0.4, 0.5) is 11.4 Å².